The summed E-state index contributed by atoms with van der Waals surface area (Å²) >= 11 is 4.94. The fourth-order valence-electron chi connectivity index (χ4n) is 2.07. The lowest BCUT2D eigenvalue weighted by atomic mass is 10.0. The minimum atomic E-state index is -0.101. The zero-order valence-electron chi connectivity index (χ0n) is 11.3. The van der Waals surface area contributed by atoms with Crippen molar-refractivity contribution in [1.29, 1.82) is 0 Å². The van der Waals surface area contributed by atoms with Gasteiger partial charge in [0.05, 0.1) is 17.7 Å². The molecule has 1 aromatic carbocycles. The maximum absolute atomic E-state index is 12.0. The van der Waals surface area contributed by atoms with Crippen molar-refractivity contribution < 1.29 is 9.59 Å². The second-order valence-corrected chi connectivity index (χ2v) is 6.52. The number of nitrogens with zero attached hydrogens (tertiary/aromatic N) is 1. The molecule has 1 fully saturated rings. The third-order valence-corrected chi connectivity index (χ3v) is 4.65. The molecule has 1 aliphatic heterocycles. The van der Waals surface area contributed by atoms with E-state index in [0.717, 1.165) is 16.5 Å². The van der Waals surface area contributed by atoms with Crippen molar-refractivity contribution in [2.45, 2.75) is 19.4 Å². The van der Waals surface area contributed by atoms with Crippen LogP contribution in [-0.4, -0.2) is 34.9 Å². The van der Waals surface area contributed by atoms with E-state index in [4.69, 9.17) is 0 Å². The third-order valence-electron chi connectivity index (χ3n) is 3.18. The molecule has 1 saturated heterocycles. The summed E-state index contributed by atoms with van der Waals surface area (Å²) in [4.78, 5) is 25.1. The zero-order valence-corrected chi connectivity index (χ0v) is 13.7. The second kappa shape index (κ2) is 7.13. The van der Waals surface area contributed by atoms with Crippen LogP contribution < -0.4 is 5.32 Å². The first-order valence-electron chi connectivity index (χ1n) is 6.50. The van der Waals surface area contributed by atoms with Gasteiger partial charge in [-0.05, 0) is 24.1 Å². The number of benzene rings is 1. The highest BCUT2D eigenvalue weighted by molar-refractivity contribution is 9.10. The SMILES string of the molecule is CC[C@H](NC(=O)CN1CSCC1=O)c1ccc(Br)cc1. The summed E-state index contributed by atoms with van der Waals surface area (Å²) in [6.07, 6.45) is 0.816. The summed E-state index contributed by atoms with van der Waals surface area (Å²) in [6.45, 7) is 2.18. The van der Waals surface area contributed by atoms with E-state index < -0.39 is 0 Å². The van der Waals surface area contributed by atoms with Crippen molar-refractivity contribution in [2.75, 3.05) is 18.2 Å². The van der Waals surface area contributed by atoms with E-state index in [1.807, 2.05) is 31.2 Å². The third kappa shape index (κ3) is 3.99. The van der Waals surface area contributed by atoms with Gasteiger partial charge in [0, 0.05) is 4.47 Å². The number of thioether (sulfide) groups is 1. The summed E-state index contributed by atoms with van der Waals surface area (Å²) in [5.74, 6) is 1.04. The molecule has 4 nitrogen and oxygen atoms in total. The average molecular weight is 357 g/mol. The van der Waals surface area contributed by atoms with Gasteiger partial charge in [-0.1, -0.05) is 35.0 Å². The zero-order chi connectivity index (χ0) is 14.5. The van der Waals surface area contributed by atoms with Crippen molar-refractivity contribution in [2.24, 2.45) is 0 Å². The molecule has 1 N–H and O–H groups in total. The molecular weight excluding hydrogens is 340 g/mol. The van der Waals surface area contributed by atoms with Crippen LogP contribution in [-0.2, 0) is 9.59 Å². The molecule has 0 unspecified atom stereocenters. The molecule has 1 aromatic rings. The van der Waals surface area contributed by atoms with E-state index in [2.05, 4.69) is 21.2 Å². The standard InChI is InChI=1S/C14H17BrN2O2S/c1-2-12(10-3-5-11(15)6-4-10)16-13(18)7-17-9-20-8-14(17)19/h3-6,12H,2,7-9H2,1H3,(H,16,18)/t12-/m0/s1. The lowest BCUT2D eigenvalue weighted by molar-refractivity contribution is -0.132. The van der Waals surface area contributed by atoms with Gasteiger partial charge >= 0.3 is 0 Å². The Balaban J connectivity index is 1.94. The van der Waals surface area contributed by atoms with Crippen molar-refractivity contribution in [3.8, 4) is 0 Å². The Kier molecular flexibility index (Phi) is 5.48. The van der Waals surface area contributed by atoms with E-state index in [1.165, 1.54) is 0 Å². The van der Waals surface area contributed by atoms with Crippen LogP contribution in [0.2, 0.25) is 0 Å². The van der Waals surface area contributed by atoms with E-state index in [0.29, 0.717) is 11.6 Å². The normalized spacial score (nSPS) is 16.3. The molecule has 0 aliphatic carbocycles. The Morgan fingerprint density at radius 2 is 2.15 bits per heavy atom. The summed E-state index contributed by atoms with van der Waals surface area (Å²) in [6, 6.07) is 7.90. The number of carbonyl (C=O) groups is 2. The lowest BCUT2D eigenvalue weighted by Crippen LogP contribution is -2.39. The lowest BCUT2D eigenvalue weighted by Gasteiger charge is -2.20. The number of carbonyl (C=O) groups excluding carboxylic acids is 2. The monoisotopic (exact) mass is 356 g/mol. The summed E-state index contributed by atoms with van der Waals surface area (Å²) < 4.78 is 1.02. The molecular formula is C14H17BrN2O2S. The van der Waals surface area contributed by atoms with E-state index in [-0.39, 0.29) is 24.4 Å². The maximum Gasteiger partial charge on any atom is 0.240 e. The molecule has 2 amide bonds. The van der Waals surface area contributed by atoms with Crippen LogP contribution in [0.5, 0.6) is 0 Å². The highest BCUT2D eigenvalue weighted by atomic mass is 79.9. The number of halogens is 1. The van der Waals surface area contributed by atoms with E-state index >= 15 is 0 Å². The van der Waals surface area contributed by atoms with Gasteiger partial charge in [0.1, 0.15) is 6.54 Å². The van der Waals surface area contributed by atoms with Gasteiger partial charge in [0.15, 0.2) is 0 Å². The highest BCUT2D eigenvalue weighted by Crippen LogP contribution is 2.20. The predicted molar refractivity (Wildman–Crippen MR) is 84.4 cm³/mol. The van der Waals surface area contributed by atoms with Crippen molar-refractivity contribution in [3.05, 3.63) is 34.3 Å². The molecule has 0 spiro atoms. The Morgan fingerprint density at radius 1 is 1.45 bits per heavy atom. The minimum Gasteiger partial charge on any atom is -0.348 e. The topological polar surface area (TPSA) is 49.4 Å². The maximum atomic E-state index is 12.0. The molecule has 0 radical (unpaired) electrons. The Labute approximate surface area is 131 Å². The molecule has 20 heavy (non-hydrogen) atoms. The molecule has 0 saturated carbocycles. The van der Waals surface area contributed by atoms with Crippen LogP contribution in [0.25, 0.3) is 0 Å². The van der Waals surface area contributed by atoms with Gasteiger partial charge in [0.25, 0.3) is 0 Å². The first-order valence-corrected chi connectivity index (χ1v) is 8.45. The van der Waals surface area contributed by atoms with Crippen LogP contribution in [0.15, 0.2) is 28.7 Å². The van der Waals surface area contributed by atoms with Gasteiger partial charge in [-0.3, -0.25) is 9.59 Å². The molecule has 1 aliphatic rings. The van der Waals surface area contributed by atoms with Crippen molar-refractivity contribution in [1.82, 2.24) is 10.2 Å². The number of rotatable bonds is 5. The fraction of sp³-hybridized carbons (Fsp3) is 0.429. The van der Waals surface area contributed by atoms with Gasteiger partial charge in [-0.2, -0.15) is 0 Å². The Bertz CT molecular complexity index is 492. The minimum absolute atomic E-state index is 0.0130. The Hall–Kier alpha value is -1.01. The number of hydrogen-bond donors (Lipinski definition) is 1. The fourth-order valence-corrected chi connectivity index (χ4v) is 3.24. The number of amides is 2. The number of nitrogens with one attached hydrogen (secondary N) is 1. The van der Waals surface area contributed by atoms with E-state index in [9.17, 15) is 9.59 Å². The van der Waals surface area contributed by atoms with Crippen LogP contribution in [0, 0.1) is 0 Å². The van der Waals surface area contributed by atoms with Gasteiger partial charge in [-0.15, -0.1) is 11.8 Å². The second-order valence-electron chi connectivity index (χ2n) is 4.65. The smallest absolute Gasteiger partial charge is 0.240 e. The Morgan fingerprint density at radius 3 is 2.70 bits per heavy atom. The molecule has 6 heteroatoms. The molecule has 1 atom stereocenters. The van der Waals surface area contributed by atoms with Gasteiger partial charge < -0.3 is 10.2 Å². The summed E-state index contributed by atoms with van der Waals surface area (Å²) in [5.41, 5.74) is 1.08. The highest BCUT2D eigenvalue weighted by Gasteiger charge is 2.23. The predicted octanol–water partition coefficient (Wildman–Crippen LogP) is 2.55. The first kappa shape index (κ1) is 15.4. The quantitative estimate of drug-likeness (QED) is 0.881. The number of hydrogen-bond acceptors (Lipinski definition) is 3. The van der Waals surface area contributed by atoms with E-state index in [1.54, 1.807) is 16.7 Å². The molecule has 0 bridgehead atoms. The molecule has 1 heterocycles. The van der Waals surface area contributed by atoms with Crippen LogP contribution in [0.1, 0.15) is 24.9 Å². The molecule has 0 aromatic heterocycles. The molecule has 108 valence electrons. The van der Waals surface area contributed by atoms with Crippen molar-refractivity contribution >= 4 is 39.5 Å². The largest absolute Gasteiger partial charge is 0.348 e. The summed E-state index contributed by atoms with van der Waals surface area (Å²) in [5, 5.41) is 2.99. The van der Waals surface area contributed by atoms with Crippen molar-refractivity contribution in [3.63, 3.8) is 0 Å². The van der Waals surface area contributed by atoms with Crippen LogP contribution in [0.3, 0.4) is 0 Å². The van der Waals surface area contributed by atoms with Gasteiger partial charge in [0.2, 0.25) is 11.8 Å². The molecule has 2 rings (SSSR count). The first-order chi connectivity index (χ1) is 9.60. The summed E-state index contributed by atoms with van der Waals surface area (Å²) in [7, 11) is 0. The van der Waals surface area contributed by atoms with Gasteiger partial charge in [-0.25, -0.2) is 0 Å². The average Bonchev–Trinajstić information content (AvgIpc) is 2.83. The van der Waals surface area contributed by atoms with Crippen LogP contribution >= 0.6 is 27.7 Å². The van der Waals surface area contributed by atoms with Crippen LogP contribution in [0.4, 0.5) is 0 Å².